The van der Waals surface area contributed by atoms with E-state index in [1.807, 2.05) is 36.2 Å². The molecule has 0 aliphatic carbocycles. The van der Waals surface area contributed by atoms with Crippen molar-refractivity contribution in [3.05, 3.63) is 35.4 Å². The van der Waals surface area contributed by atoms with Crippen molar-refractivity contribution in [2.45, 2.75) is 13.2 Å². The van der Waals surface area contributed by atoms with E-state index in [0.717, 1.165) is 17.7 Å². The molecule has 1 N–H and O–H groups in total. The molecule has 17 heavy (non-hydrogen) atoms. The normalized spacial score (nSPS) is 10.6. The van der Waals surface area contributed by atoms with E-state index < -0.39 is 0 Å². The summed E-state index contributed by atoms with van der Waals surface area (Å²) in [5.74, 6) is 0.0967. The first-order valence-corrected chi connectivity index (χ1v) is 5.60. The fourth-order valence-electron chi connectivity index (χ4n) is 1.49. The number of amides is 1. The van der Waals surface area contributed by atoms with Crippen molar-refractivity contribution in [3.8, 4) is 0 Å². The lowest BCUT2D eigenvalue weighted by Gasteiger charge is -2.19. The molecule has 0 bridgehead atoms. The van der Waals surface area contributed by atoms with Gasteiger partial charge in [0.25, 0.3) is 0 Å². The third kappa shape index (κ3) is 4.54. The minimum absolute atomic E-state index is 0.0647. The summed E-state index contributed by atoms with van der Waals surface area (Å²) in [6.45, 7) is 1.20. The van der Waals surface area contributed by atoms with E-state index in [1.165, 1.54) is 0 Å². The van der Waals surface area contributed by atoms with Gasteiger partial charge in [-0.1, -0.05) is 24.3 Å². The Hall–Kier alpha value is -1.39. The zero-order chi connectivity index (χ0) is 12.8. The van der Waals surface area contributed by atoms with Crippen LogP contribution in [0, 0.1) is 0 Å². The molecule has 0 atom stereocenters. The van der Waals surface area contributed by atoms with Crippen LogP contribution in [-0.4, -0.2) is 48.5 Å². The molecule has 94 valence electrons. The maximum absolute atomic E-state index is 11.5. The van der Waals surface area contributed by atoms with Crippen molar-refractivity contribution < 1.29 is 9.90 Å². The number of nitrogens with zero attached hydrogens (tertiary/aromatic N) is 2. The van der Waals surface area contributed by atoms with E-state index in [1.54, 1.807) is 19.0 Å². The van der Waals surface area contributed by atoms with Crippen LogP contribution in [-0.2, 0) is 17.9 Å². The van der Waals surface area contributed by atoms with E-state index in [2.05, 4.69) is 0 Å². The number of likely N-dealkylation sites (N-methyl/N-ethyl adjacent to an activating group) is 2. The van der Waals surface area contributed by atoms with Crippen molar-refractivity contribution in [3.63, 3.8) is 0 Å². The first kappa shape index (κ1) is 13.7. The predicted molar refractivity (Wildman–Crippen MR) is 67.4 cm³/mol. The minimum Gasteiger partial charge on any atom is -0.392 e. The molecular formula is C13H20N2O2. The smallest absolute Gasteiger partial charge is 0.236 e. The van der Waals surface area contributed by atoms with E-state index in [-0.39, 0.29) is 12.5 Å². The second-order valence-corrected chi connectivity index (χ2v) is 4.44. The molecule has 4 nitrogen and oxygen atoms in total. The molecule has 1 amide bonds. The van der Waals surface area contributed by atoms with Crippen LogP contribution in [0.15, 0.2) is 24.3 Å². The Kier molecular flexibility index (Phi) is 5.12. The number of aliphatic hydroxyl groups excluding tert-OH is 1. The molecule has 0 fully saturated rings. The standard InChI is InChI=1S/C13H20N2O2/c1-14(2)13(17)9-15(3)8-11-4-6-12(10-16)7-5-11/h4-7,16H,8-10H2,1-3H3. The molecule has 0 saturated heterocycles. The van der Waals surface area contributed by atoms with Crippen molar-refractivity contribution >= 4 is 5.91 Å². The summed E-state index contributed by atoms with van der Waals surface area (Å²) in [7, 11) is 5.43. The van der Waals surface area contributed by atoms with Gasteiger partial charge in [-0.05, 0) is 18.2 Å². The molecule has 4 heteroatoms. The lowest BCUT2D eigenvalue weighted by Crippen LogP contribution is -2.34. The maximum Gasteiger partial charge on any atom is 0.236 e. The zero-order valence-corrected chi connectivity index (χ0v) is 10.7. The topological polar surface area (TPSA) is 43.8 Å². The van der Waals surface area contributed by atoms with Crippen LogP contribution >= 0.6 is 0 Å². The first-order valence-electron chi connectivity index (χ1n) is 5.60. The van der Waals surface area contributed by atoms with Gasteiger partial charge in [0.2, 0.25) is 5.91 Å². The third-order valence-corrected chi connectivity index (χ3v) is 2.56. The summed E-state index contributed by atoms with van der Waals surface area (Å²) in [6, 6.07) is 7.75. The molecular weight excluding hydrogens is 216 g/mol. The average molecular weight is 236 g/mol. The van der Waals surface area contributed by atoms with Gasteiger partial charge in [-0.15, -0.1) is 0 Å². The third-order valence-electron chi connectivity index (χ3n) is 2.56. The quantitative estimate of drug-likeness (QED) is 0.818. The highest BCUT2D eigenvalue weighted by molar-refractivity contribution is 5.77. The first-order chi connectivity index (χ1) is 8.02. The fourth-order valence-corrected chi connectivity index (χ4v) is 1.49. The number of carbonyl (C=O) groups is 1. The summed E-state index contributed by atoms with van der Waals surface area (Å²) >= 11 is 0. The highest BCUT2D eigenvalue weighted by Gasteiger charge is 2.08. The van der Waals surface area contributed by atoms with Gasteiger partial charge < -0.3 is 10.0 Å². The van der Waals surface area contributed by atoms with Gasteiger partial charge in [-0.25, -0.2) is 0 Å². The second-order valence-electron chi connectivity index (χ2n) is 4.44. The van der Waals surface area contributed by atoms with Gasteiger partial charge in [-0.3, -0.25) is 9.69 Å². The van der Waals surface area contributed by atoms with E-state index >= 15 is 0 Å². The van der Waals surface area contributed by atoms with Crippen LogP contribution in [0.1, 0.15) is 11.1 Å². The summed E-state index contributed by atoms with van der Waals surface area (Å²) in [5, 5.41) is 8.93. The molecule has 1 rings (SSSR count). The van der Waals surface area contributed by atoms with E-state index in [0.29, 0.717) is 6.54 Å². The van der Waals surface area contributed by atoms with Gasteiger partial charge in [-0.2, -0.15) is 0 Å². The Balaban J connectivity index is 2.50. The summed E-state index contributed by atoms with van der Waals surface area (Å²) in [4.78, 5) is 15.1. The number of hydrogen-bond donors (Lipinski definition) is 1. The Morgan fingerprint density at radius 3 is 2.12 bits per heavy atom. The molecule has 0 unspecified atom stereocenters. The molecule has 1 aromatic rings. The fraction of sp³-hybridized carbons (Fsp3) is 0.462. The number of carbonyl (C=O) groups excluding carboxylic acids is 1. The molecule has 0 radical (unpaired) electrons. The van der Waals surface area contributed by atoms with Gasteiger partial charge in [0.1, 0.15) is 0 Å². The molecule has 0 aromatic heterocycles. The van der Waals surface area contributed by atoms with Gasteiger partial charge in [0, 0.05) is 20.6 Å². The van der Waals surface area contributed by atoms with Crippen molar-refractivity contribution in [2.24, 2.45) is 0 Å². The molecule has 1 aromatic carbocycles. The monoisotopic (exact) mass is 236 g/mol. The molecule has 0 aliphatic rings. The zero-order valence-electron chi connectivity index (χ0n) is 10.7. The molecule has 0 spiro atoms. The van der Waals surface area contributed by atoms with Crippen LogP contribution < -0.4 is 0 Å². The SMILES string of the molecule is CN(CC(=O)N(C)C)Cc1ccc(CO)cc1. The van der Waals surface area contributed by atoms with E-state index in [4.69, 9.17) is 5.11 Å². The van der Waals surface area contributed by atoms with Crippen LogP contribution in [0.25, 0.3) is 0 Å². The maximum atomic E-state index is 11.5. The Morgan fingerprint density at radius 2 is 1.65 bits per heavy atom. The van der Waals surface area contributed by atoms with Crippen LogP contribution in [0.4, 0.5) is 0 Å². The molecule has 0 heterocycles. The lowest BCUT2D eigenvalue weighted by atomic mass is 10.1. The summed E-state index contributed by atoms with van der Waals surface area (Å²) in [6.07, 6.45) is 0. The summed E-state index contributed by atoms with van der Waals surface area (Å²) < 4.78 is 0. The molecule has 0 aliphatic heterocycles. The largest absolute Gasteiger partial charge is 0.392 e. The van der Waals surface area contributed by atoms with E-state index in [9.17, 15) is 4.79 Å². The highest BCUT2D eigenvalue weighted by Crippen LogP contribution is 2.06. The Bertz CT molecular complexity index is 360. The number of aliphatic hydroxyl groups is 1. The van der Waals surface area contributed by atoms with Crippen molar-refractivity contribution in [1.82, 2.24) is 9.80 Å². The van der Waals surface area contributed by atoms with Gasteiger partial charge >= 0.3 is 0 Å². The minimum atomic E-state index is 0.0647. The lowest BCUT2D eigenvalue weighted by molar-refractivity contribution is -0.129. The van der Waals surface area contributed by atoms with Crippen molar-refractivity contribution in [1.29, 1.82) is 0 Å². The highest BCUT2D eigenvalue weighted by atomic mass is 16.3. The van der Waals surface area contributed by atoms with Gasteiger partial charge in [0.15, 0.2) is 0 Å². The predicted octanol–water partition coefficient (Wildman–Crippen LogP) is 0.699. The van der Waals surface area contributed by atoms with Gasteiger partial charge in [0.05, 0.1) is 13.2 Å². The number of rotatable bonds is 5. The Morgan fingerprint density at radius 1 is 1.12 bits per heavy atom. The van der Waals surface area contributed by atoms with Crippen LogP contribution in [0.2, 0.25) is 0 Å². The van der Waals surface area contributed by atoms with Crippen LogP contribution in [0.3, 0.4) is 0 Å². The number of benzene rings is 1. The second kappa shape index (κ2) is 6.37. The average Bonchev–Trinajstić information content (AvgIpc) is 2.29. The van der Waals surface area contributed by atoms with Crippen molar-refractivity contribution in [2.75, 3.05) is 27.7 Å². The Labute approximate surface area is 102 Å². The number of hydrogen-bond acceptors (Lipinski definition) is 3. The van der Waals surface area contributed by atoms with Crippen LogP contribution in [0.5, 0.6) is 0 Å². The molecule has 0 saturated carbocycles. The summed E-state index contributed by atoms with van der Waals surface area (Å²) in [5.41, 5.74) is 2.04.